The van der Waals surface area contributed by atoms with E-state index in [2.05, 4.69) is 36.1 Å². The van der Waals surface area contributed by atoms with Crippen molar-refractivity contribution < 1.29 is 14.2 Å². The van der Waals surface area contributed by atoms with Crippen LogP contribution in [-0.4, -0.2) is 27.3 Å². The van der Waals surface area contributed by atoms with Gasteiger partial charge >= 0.3 is 0 Å². The van der Waals surface area contributed by atoms with Gasteiger partial charge in [0.15, 0.2) is 5.65 Å². The van der Waals surface area contributed by atoms with Gasteiger partial charge in [0, 0.05) is 23.8 Å². The maximum absolute atomic E-state index is 6.33. The van der Waals surface area contributed by atoms with Crippen LogP contribution in [0.1, 0.15) is 37.1 Å². The Kier molecular flexibility index (Phi) is 5.05. The van der Waals surface area contributed by atoms with Gasteiger partial charge in [-0.15, -0.1) is 0 Å². The highest BCUT2D eigenvalue weighted by molar-refractivity contribution is 5.90. The fourth-order valence-corrected chi connectivity index (χ4v) is 3.95. The van der Waals surface area contributed by atoms with Crippen LogP contribution in [0.3, 0.4) is 0 Å². The largest absolute Gasteiger partial charge is 0.497 e. The summed E-state index contributed by atoms with van der Waals surface area (Å²) < 4.78 is 19.3. The lowest BCUT2D eigenvalue weighted by Crippen LogP contribution is -2.17. The van der Waals surface area contributed by atoms with Gasteiger partial charge in [-0.1, -0.05) is 12.1 Å². The molecule has 1 aliphatic rings. The van der Waals surface area contributed by atoms with Crippen molar-refractivity contribution in [2.24, 2.45) is 0 Å². The Hall–Kier alpha value is -3.80. The lowest BCUT2D eigenvalue weighted by Gasteiger charge is -2.19. The number of imidazole rings is 1. The zero-order valence-electron chi connectivity index (χ0n) is 18.4. The second kappa shape index (κ2) is 8.04. The van der Waals surface area contributed by atoms with E-state index in [-0.39, 0.29) is 5.60 Å². The van der Waals surface area contributed by atoms with Crippen molar-refractivity contribution in [2.45, 2.75) is 32.5 Å². The van der Waals surface area contributed by atoms with Crippen LogP contribution in [-0.2, 0) is 11.3 Å². The molecule has 0 amide bonds. The first-order valence-electron chi connectivity index (χ1n) is 10.6. The Morgan fingerprint density at radius 1 is 0.969 bits per heavy atom. The molecule has 32 heavy (non-hydrogen) atoms. The number of nitrogens with zero attached hydrogens (tertiary/aromatic N) is 3. The predicted molar refractivity (Wildman–Crippen MR) is 123 cm³/mol. The van der Waals surface area contributed by atoms with Crippen LogP contribution < -0.4 is 9.47 Å². The summed E-state index contributed by atoms with van der Waals surface area (Å²) in [4.78, 5) is 4.52. The average molecular weight is 428 g/mol. The molecule has 5 rings (SSSR count). The molecule has 0 spiro atoms. The van der Waals surface area contributed by atoms with Gasteiger partial charge in [0.05, 0.1) is 19.0 Å². The lowest BCUT2D eigenvalue weighted by atomic mass is 9.94. The molecule has 0 atom stereocenters. The van der Waals surface area contributed by atoms with Crippen LogP contribution in [0.2, 0.25) is 0 Å². The molecule has 0 bridgehead atoms. The van der Waals surface area contributed by atoms with Gasteiger partial charge in [-0.25, -0.2) is 9.50 Å². The fourth-order valence-electron chi connectivity index (χ4n) is 3.95. The summed E-state index contributed by atoms with van der Waals surface area (Å²) in [5, 5.41) is 4.24. The highest BCUT2D eigenvalue weighted by Gasteiger charge is 2.33. The molecule has 0 unspecified atom stereocenters. The number of hydrogen-bond donors (Lipinski definition) is 0. The Bertz CT molecular complexity index is 1240. The van der Waals surface area contributed by atoms with E-state index < -0.39 is 0 Å². The van der Waals surface area contributed by atoms with Gasteiger partial charge in [-0.05, 0) is 67.9 Å². The minimum atomic E-state index is -0.253. The van der Waals surface area contributed by atoms with Crippen molar-refractivity contribution in [3.05, 3.63) is 89.9 Å². The van der Waals surface area contributed by atoms with Crippen LogP contribution >= 0.6 is 0 Å². The van der Waals surface area contributed by atoms with Gasteiger partial charge in [-0.3, -0.25) is 0 Å². The lowest BCUT2D eigenvalue weighted by molar-refractivity contribution is 0.101. The summed E-state index contributed by atoms with van der Waals surface area (Å²) in [5.74, 6) is 2.54. The second-order valence-electron chi connectivity index (χ2n) is 8.45. The van der Waals surface area contributed by atoms with E-state index in [0.717, 1.165) is 46.1 Å². The highest BCUT2D eigenvalue weighted by Crippen LogP contribution is 2.44. The Morgan fingerprint density at radius 2 is 1.69 bits per heavy atom. The standard InChI is InChI=1S/C26H25N3O3/c1-26(2)15-23(25(32-26)19-8-10-21(30-3)11-9-19)18-6-12-22(13-7-18)31-17-20-16-29-24(28-20)5-4-14-27-29/h4-14,16H,15,17H2,1-3H3. The summed E-state index contributed by atoms with van der Waals surface area (Å²) in [5.41, 5.74) is 4.76. The third-order valence-corrected chi connectivity index (χ3v) is 5.48. The molecule has 0 fully saturated rings. The molecular weight excluding hydrogens is 402 g/mol. The molecule has 3 heterocycles. The number of methoxy groups -OCH3 is 1. The monoisotopic (exact) mass is 427 g/mol. The number of benzene rings is 2. The normalized spacial score (nSPS) is 15.1. The van der Waals surface area contributed by atoms with Crippen LogP contribution in [0.5, 0.6) is 11.5 Å². The van der Waals surface area contributed by atoms with Gasteiger partial charge < -0.3 is 14.2 Å². The zero-order valence-corrected chi connectivity index (χ0v) is 18.4. The molecule has 0 saturated heterocycles. The van der Waals surface area contributed by atoms with Crippen molar-refractivity contribution in [2.75, 3.05) is 7.11 Å². The number of ether oxygens (including phenoxy) is 3. The van der Waals surface area contributed by atoms with Crippen LogP contribution in [0.15, 0.2) is 73.1 Å². The van der Waals surface area contributed by atoms with E-state index in [0.29, 0.717) is 6.61 Å². The summed E-state index contributed by atoms with van der Waals surface area (Å²) in [6.45, 7) is 4.62. The number of aromatic nitrogens is 3. The Balaban J connectivity index is 1.36. The topological polar surface area (TPSA) is 57.9 Å². The van der Waals surface area contributed by atoms with Crippen molar-refractivity contribution in [3.63, 3.8) is 0 Å². The minimum Gasteiger partial charge on any atom is -0.497 e. The first-order valence-corrected chi connectivity index (χ1v) is 10.6. The molecule has 162 valence electrons. The van der Waals surface area contributed by atoms with Crippen molar-refractivity contribution in [1.29, 1.82) is 0 Å². The molecule has 6 heteroatoms. The molecule has 1 aliphatic heterocycles. The van der Waals surface area contributed by atoms with E-state index in [9.17, 15) is 0 Å². The minimum absolute atomic E-state index is 0.253. The van der Waals surface area contributed by atoms with Gasteiger partial charge in [-0.2, -0.15) is 5.10 Å². The maximum Gasteiger partial charge on any atom is 0.153 e. The van der Waals surface area contributed by atoms with Gasteiger partial charge in [0.2, 0.25) is 0 Å². The van der Waals surface area contributed by atoms with Crippen molar-refractivity contribution in [1.82, 2.24) is 14.6 Å². The van der Waals surface area contributed by atoms with E-state index in [1.54, 1.807) is 17.8 Å². The van der Waals surface area contributed by atoms with Crippen LogP contribution in [0, 0.1) is 0 Å². The van der Waals surface area contributed by atoms with E-state index in [1.807, 2.05) is 54.7 Å². The molecule has 6 nitrogen and oxygen atoms in total. The fraction of sp³-hybridized carbons (Fsp3) is 0.231. The molecule has 2 aromatic heterocycles. The first-order chi connectivity index (χ1) is 15.5. The number of rotatable bonds is 6. The Morgan fingerprint density at radius 3 is 2.41 bits per heavy atom. The van der Waals surface area contributed by atoms with Crippen molar-refractivity contribution in [3.8, 4) is 11.5 Å². The molecule has 0 N–H and O–H groups in total. The maximum atomic E-state index is 6.33. The molecule has 4 aromatic rings. The third kappa shape index (κ3) is 4.04. The zero-order chi connectivity index (χ0) is 22.1. The predicted octanol–water partition coefficient (Wildman–Crippen LogP) is 5.38. The molecule has 0 saturated carbocycles. The van der Waals surface area contributed by atoms with Crippen LogP contribution in [0.25, 0.3) is 17.0 Å². The molecule has 2 aromatic carbocycles. The summed E-state index contributed by atoms with van der Waals surface area (Å²) in [6, 6.07) is 19.9. The summed E-state index contributed by atoms with van der Waals surface area (Å²) in [7, 11) is 1.67. The average Bonchev–Trinajstić information content (AvgIpc) is 3.38. The smallest absolute Gasteiger partial charge is 0.153 e. The van der Waals surface area contributed by atoms with Crippen molar-refractivity contribution >= 4 is 17.0 Å². The highest BCUT2D eigenvalue weighted by atomic mass is 16.5. The molecular formula is C26H25N3O3. The number of hydrogen-bond acceptors (Lipinski definition) is 5. The number of fused-ring (bicyclic) bond motifs is 1. The molecule has 0 radical (unpaired) electrons. The summed E-state index contributed by atoms with van der Waals surface area (Å²) >= 11 is 0. The van der Waals surface area contributed by atoms with E-state index in [1.165, 1.54) is 5.57 Å². The SMILES string of the molecule is COc1ccc(C2=C(c3ccc(OCc4cn5ncccc5n4)cc3)CC(C)(C)O2)cc1. The second-order valence-corrected chi connectivity index (χ2v) is 8.45. The summed E-state index contributed by atoms with van der Waals surface area (Å²) in [6.07, 6.45) is 4.46. The van der Waals surface area contributed by atoms with Crippen LogP contribution in [0.4, 0.5) is 0 Å². The molecule has 0 aliphatic carbocycles. The van der Waals surface area contributed by atoms with E-state index in [4.69, 9.17) is 14.2 Å². The van der Waals surface area contributed by atoms with E-state index >= 15 is 0 Å². The van der Waals surface area contributed by atoms with Gasteiger partial charge in [0.1, 0.15) is 29.5 Å². The quantitative estimate of drug-likeness (QED) is 0.413. The Labute approximate surface area is 187 Å². The van der Waals surface area contributed by atoms with Gasteiger partial charge in [0.25, 0.3) is 0 Å². The first kappa shape index (κ1) is 20.1. The third-order valence-electron chi connectivity index (χ3n) is 5.48.